The molecule has 1 N–H and O–H groups in total. The number of hydrogen-bond acceptors (Lipinski definition) is 1. The molecular weight excluding hydrogens is 242 g/mol. The van der Waals surface area contributed by atoms with Crippen molar-refractivity contribution in [3.05, 3.63) is 70.3 Å². The summed E-state index contributed by atoms with van der Waals surface area (Å²) in [6, 6.07) is 15.7. The van der Waals surface area contributed by atoms with Gasteiger partial charge in [-0.15, -0.1) is 0 Å². The molecule has 0 spiro atoms. The summed E-state index contributed by atoms with van der Waals surface area (Å²) in [6.45, 7) is 9.79. The average molecular weight is 267 g/mol. The molecule has 0 aliphatic carbocycles. The molecule has 0 radical (unpaired) electrons. The van der Waals surface area contributed by atoms with Crippen molar-refractivity contribution in [2.24, 2.45) is 0 Å². The third-order valence-electron chi connectivity index (χ3n) is 3.96. The maximum atomic E-state index is 3.69. The molecule has 0 bridgehead atoms. The van der Waals surface area contributed by atoms with Crippen molar-refractivity contribution in [1.29, 1.82) is 0 Å². The van der Waals surface area contributed by atoms with Crippen LogP contribution in [0.1, 0.15) is 47.2 Å². The van der Waals surface area contributed by atoms with E-state index in [1.807, 2.05) is 0 Å². The quantitative estimate of drug-likeness (QED) is 0.828. The Morgan fingerprint density at radius 1 is 0.900 bits per heavy atom. The first kappa shape index (κ1) is 14.8. The SMILES string of the molecule is CCCNC(c1ccc(C)c(C)c1)c1ccccc1C. The van der Waals surface area contributed by atoms with Gasteiger partial charge in [0.05, 0.1) is 6.04 Å². The van der Waals surface area contributed by atoms with E-state index >= 15 is 0 Å². The van der Waals surface area contributed by atoms with Crippen LogP contribution < -0.4 is 5.32 Å². The topological polar surface area (TPSA) is 12.0 Å². The molecular formula is C19H25N. The van der Waals surface area contributed by atoms with Crippen LogP contribution in [0.3, 0.4) is 0 Å². The first-order chi connectivity index (χ1) is 9.63. The Morgan fingerprint density at radius 2 is 1.65 bits per heavy atom. The van der Waals surface area contributed by atoms with Gasteiger partial charge in [0.15, 0.2) is 0 Å². The number of nitrogens with one attached hydrogen (secondary N) is 1. The summed E-state index contributed by atoms with van der Waals surface area (Å²) in [6.07, 6.45) is 1.15. The largest absolute Gasteiger partial charge is 0.306 e. The normalized spacial score (nSPS) is 12.4. The zero-order valence-electron chi connectivity index (χ0n) is 13.0. The van der Waals surface area contributed by atoms with Crippen LogP contribution in [0.4, 0.5) is 0 Å². The number of aryl methyl sites for hydroxylation is 3. The number of hydrogen-bond donors (Lipinski definition) is 1. The Bertz CT molecular complexity index is 572. The minimum absolute atomic E-state index is 0.287. The molecule has 20 heavy (non-hydrogen) atoms. The molecule has 2 aromatic rings. The standard InChI is InChI=1S/C19H25N/c1-5-12-20-19(18-9-7-6-8-15(18)3)17-11-10-14(2)16(4)13-17/h6-11,13,19-20H,5,12H2,1-4H3. The van der Waals surface area contributed by atoms with E-state index in [-0.39, 0.29) is 6.04 Å². The van der Waals surface area contributed by atoms with E-state index in [2.05, 4.69) is 75.5 Å². The summed E-state index contributed by atoms with van der Waals surface area (Å²) in [7, 11) is 0. The Hall–Kier alpha value is -1.60. The Morgan fingerprint density at radius 3 is 2.30 bits per heavy atom. The van der Waals surface area contributed by atoms with Crippen molar-refractivity contribution in [3.8, 4) is 0 Å². The van der Waals surface area contributed by atoms with E-state index in [1.165, 1.54) is 27.8 Å². The highest BCUT2D eigenvalue weighted by Crippen LogP contribution is 2.26. The molecule has 0 aliphatic rings. The molecule has 2 rings (SSSR count). The van der Waals surface area contributed by atoms with Crippen molar-refractivity contribution in [2.45, 2.75) is 40.2 Å². The third kappa shape index (κ3) is 3.29. The molecule has 106 valence electrons. The maximum absolute atomic E-state index is 3.69. The first-order valence-corrected chi connectivity index (χ1v) is 7.49. The number of rotatable bonds is 5. The smallest absolute Gasteiger partial charge is 0.0579 e. The summed E-state index contributed by atoms with van der Waals surface area (Å²) in [5.74, 6) is 0. The summed E-state index contributed by atoms with van der Waals surface area (Å²) >= 11 is 0. The lowest BCUT2D eigenvalue weighted by molar-refractivity contribution is 0.596. The average Bonchev–Trinajstić information content (AvgIpc) is 2.44. The Balaban J connectivity index is 2.41. The molecule has 0 saturated carbocycles. The lowest BCUT2D eigenvalue weighted by Crippen LogP contribution is -2.24. The van der Waals surface area contributed by atoms with E-state index < -0.39 is 0 Å². The van der Waals surface area contributed by atoms with Gasteiger partial charge in [0, 0.05) is 0 Å². The van der Waals surface area contributed by atoms with Gasteiger partial charge in [-0.25, -0.2) is 0 Å². The molecule has 0 fully saturated rings. The number of benzene rings is 2. The van der Waals surface area contributed by atoms with Crippen LogP contribution >= 0.6 is 0 Å². The van der Waals surface area contributed by atoms with Crippen LogP contribution in [0, 0.1) is 20.8 Å². The molecule has 0 heterocycles. The maximum Gasteiger partial charge on any atom is 0.0579 e. The van der Waals surface area contributed by atoms with Gasteiger partial charge < -0.3 is 5.32 Å². The molecule has 1 nitrogen and oxygen atoms in total. The highest BCUT2D eigenvalue weighted by molar-refractivity contribution is 5.40. The van der Waals surface area contributed by atoms with E-state index in [0.717, 1.165) is 13.0 Å². The van der Waals surface area contributed by atoms with Crippen molar-refractivity contribution >= 4 is 0 Å². The van der Waals surface area contributed by atoms with Crippen LogP contribution in [0.5, 0.6) is 0 Å². The van der Waals surface area contributed by atoms with Crippen LogP contribution in [0.25, 0.3) is 0 Å². The molecule has 1 atom stereocenters. The van der Waals surface area contributed by atoms with Crippen LogP contribution in [0.15, 0.2) is 42.5 Å². The minimum Gasteiger partial charge on any atom is -0.306 e. The molecule has 1 heteroatoms. The van der Waals surface area contributed by atoms with E-state index in [9.17, 15) is 0 Å². The van der Waals surface area contributed by atoms with E-state index in [1.54, 1.807) is 0 Å². The molecule has 0 saturated heterocycles. The fourth-order valence-corrected chi connectivity index (χ4v) is 2.55. The zero-order valence-corrected chi connectivity index (χ0v) is 13.0. The predicted molar refractivity (Wildman–Crippen MR) is 87.2 cm³/mol. The summed E-state index contributed by atoms with van der Waals surface area (Å²) in [5.41, 5.74) is 6.80. The van der Waals surface area contributed by atoms with Crippen molar-refractivity contribution in [3.63, 3.8) is 0 Å². The van der Waals surface area contributed by atoms with Crippen molar-refractivity contribution in [2.75, 3.05) is 6.54 Å². The van der Waals surface area contributed by atoms with Gasteiger partial charge >= 0.3 is 0 Å². The lowest BCUT2D eigenvalue weighted by atomic mass is 9.93. The first-order valence-electron chi connectivity index (χ1n) is 7.49. The summed E-state index contributed by atoms with van der Waals surface area (Å²) in [4.78, 5) is 0. The van der Waals surface area contributed by atoms with Gasteiger partial charge in [-0.2, -0.15) is 0 Å². The van der Waals surface area contributed by atoms with Gasteiger partial charge in [0.2, 0.25) is 0 Å². The van der Waals surface area contributed by atoms with Gasteiger partial charge in [-0.3, -0.25) is 0 Å². The fourth-order valence-electron chi connectivity index (χ4n) is 2.55. The van der Waals surface area contributed by atoms with Crippen LogP contribution in [-0.2, 0) is 0 Å². The van der Waals surface area contributed by atoms with Crippen LogP contribution in [0.2, 0.25) is 0 Å². The van der Waals surface area contributed by atoms with Crippen LogP contribution in [-0.4, -0.2) is 6.54 Å². The molecule has 0 aliphatic heterocycles. The van der Waals surface area contributed by atoms with Gasteiger partial charge in [0.25, 0.3) is 0 Å². The highest BCUT2D eigenvalue weighted by Gasteiger charge is 2.15. The Kier molecular flexibility index (Phi) is 4.97. The third-order valence-corrected chi connectivity index (χ3v) is 3.96. The second-order valence-corrected chi connectivity index (χ2v) is 5.59. The van der Waals surface area contributed by atoms with Gasteiger partial charge in [-0.1, -0.05) is 49.4 Å². The predicted octanol–water partition coefficient (Wildman–Crippen LogP) is 4.70. The highest BCUT2D eigenvalue weighted by atomic mass is 14.9. The Labute approximate surface area is 123 Å². The molecule has 0 aromatic heterocycles. The van der Waals surface area contributed by atoms with Crippen molar-refractivity contribution < 1.29 is 0 Å². The minimum atomic E-state index is 0.287. The second kappa shape index (κ2) is 6.71. The summed E-state index contributed by atoms with van der Waals surface area (Å²) in [5, 5.41) is 3.69. The summed E-state index contributed by atoms with van der Waals surface area (Å²) < 4.78 is 0. The van der Waals surface area contributed by atoms with Crippen molar-refractivity contribution in [1.82, 2.24) is 5.32 Å². The fraction of sp³-hybridized carbons (Fsp3) is 0.368. The van der Waals surface area contributed by atoms with Gasteiger partial charge in [0.1, 0.15) is 0 Å². The monoisotopic (exact) mass is 267 g/mol. The molecule has 1 unspecified atom stereocenters. The second-order valence-electron chi connectivity index (χ2n) is 5.59. The van der Waals surface area contributed by atoms with Gasteiger partial charge in [-0.05, 0) is 61.6 Å². The molecule has 0 amide bonds. The van der Waals surface area contributed by atoms with E-state index in [0.29, 0.717) is 0 Å². The zero-order chi connectivity index (χ0) is 14.5. The van der Waals surface area contributed by atoms with E-state index in [4.69, 9.17) is 0 Å². The molecule has 2 aromatic carbocycles. The lowest BCUT2D eigenvalue weighted by Gasteiger charge is -2.22.